The number of fused-ring (bicyclic) bond motifs is 1. The van der Waals surface area contributed by atoms with Crippen molar-refractivity contribution >= 4 is 17.3 Å². The molecule has 0 radical (unpaired) electrons. The predicted octanol–water partition coefficient (Wildman–Crippen LogP) is 2.96. The Hall–Kier alpha value is -3.39. The van der Waals surface area contributed by atoms with Gasteiger partial charge in [-0.05, 0) is 37.3 Å². The summed E-state index contributed by atoms with van der Waals surface area (Å²) < 4.78 is 17.1. The second kappa shape index (κ2) is 7.21. The molecule has 3 heterocycles. The monoisotopic (exact) mass is 392 g/mol. The van der Waals surface area contributed by atoms with Gasteiger partial charge >= 0.3 is 0 Å². The number of nitrogens with one attached hydrogen (secondary N) is 1. The topological polar surface area (TPSA) is 89.7 Å². The minimum Gasteiger partial charge on any atom is -0.479 e. The molecule has 148 valence electrons. The molecule has 0 spiro atoms. The van der Waals surface area contributed by atoms with E-state index in [2.05, 4.69) is 26.5 Å². The summed E-state index contributed by atoms with van der Waals surface area (Å²) in [6.07, 6.45) is -0.545. The quantitative estimate of drug-likeness (QED) is 0.733. The number of carbonyl (C=O) groups excluding carboxylic acids is 1. The molecule has 2 aliphatic heterocycles. The number of aromatic nitrogens is 2. The number of anilines is 2. The minimum absolute atomic E-state index is 0.162. The van der Waals surface area contributed by atoms with E-state index < -0.39 is 6.10 Å². The van der Waals surface area contributed by atoms with E-state index in [1.54, 1.807) is 19.1 Å². The summed E-state index contributed by atoms with van der Waals surface area (Å²) in [5.41, 5.74) is 3.31. The Morgan fingerprint density at radius 3 is 2.72 bits per heavy atom. The molecular formula is C21H20N4O4. The fraction of sp³-hybridized carbons (Fsp3) is 0.286. The number of morpholine rings is 1. The highest BCUT2D eigenvalue weighted by Crippen LogP contribution is 2.36. The number of rotatable bonds is 3. The summed E-state index contributed by atoms with van der Waals surface area (Å²) >= 11 is 0. The van der Waals surface area contributed by atoms with Gasteiger partial charge in [0.2, 0.25) is 11.8 Å². The Morgan fingerprint density at radius 2 is 1.86 bits per heavy atom. The molecule has 1 aromatic heterocycles. The molecule has 1 fully saturated rings. The third-order valence-corrected chi connectivity index (χ3v) is 5.07. The number of para-hydroxylation sites is 1. The Kier molecular flexibility index (Phi) is 4.40. The Labute approximate surface area is 167 Å². The van der Waals surface area contributed by atoms with Gasteiger partial charge in [-0.1, -0.05) is 12.1 Å². The van der Waals surface area contributed by atoms with Gasteiger partial charge in [-0.3, -0.25) is 4.79 Å². The first kappa shape index (κ1) is 17.7. The van der Waals surface area contributed by atoms with E-state index in [4.69, 9.17) is 13.9 Å². The molecule has 1 unspecified atom stereocenters. The molecule has 0 saturated carbocycles. The molecule has 1 saturated heterocycles. The van der Waals surface area contributed by atoms with Crippen molar-refractivity contribution in [3.05, 3.63) is 42.5 Å². The fourth-order valence-electron chi connectivity index (χ4n) is 3.52. The second-order valence-corrected chi connectivity index (χ2v) is 6.99. The van der Waals surface area contributed by atoms with Crippen molar-refractivity contribution in [2.24, 2.45) is 0 Å². The van der Waals surface area contributed by atoms with Crippen molar-refractivity contribution in [1.29, 1.82) is 0 Å². The SMILES string of the molecule is CC1Oc2cc(-c3nnc(-c4ccccc4N4CCOCC4)o3)ccc2NC1=O. The Morgan fingerprint density at radius 1 is 1.07 bits per heavy atom. The number of amides is 1. The Balaban J connectivity index is 1.47. The molecule has 2 aliphatic rings. The standard InChI is InChI=1S/C21H20N4O4/c1-13-19(26)22-16-7-6-14(12-18(16)28-13)20-23-24-21(29-20)15-4-2-3-5-17(15)25-8-10-27-11-9-25/h2-7,12-13H,8-11H2,1H3,(H,22,26). The van der Waals surface area contributed by atoms with E-state index >= 15 is 0 Å². The first-order valence-corrected chi connectivity index (χ1v) is 9.56. The van der Waals surface area contributed by atoms with Crippen LogP contribution in [0.4, 0.5) is 11.4 Å². The zero-order valence-electron chi connectivity index (χ0n) is 15.9. The first-order chi connectivity index (χ1) is 14.2. The lowest BCUT2D eigenvalue weighted by Crippen LogP contribution is -2.36. The van der Waals surface area contributed by atoms with Gasteiger partial charge in [0.1, 0.15) is 5.75 Å². The highest BCUT2D eigenvalue weighted by molar-refractivity contribution is 5.97. The number of hydrogen-bond acceptors (Lipinski definition) is 7. The van der Waals surface area contributed by atoms with Crippen LogP contribution in [0.5, 0.6) is 5.75 Å². The van der Waals surface area contributed by atoms with Crippen LogP contribution in [0.25, 0.3) is 22.9 Å². The van der Waals surface area contributed by atoms with Gasteiger partial charge in [-0.15, -0.1) is 10.2 Å². The summed E-state index contributed by atoms with van der Waals surface area (Å²) in [5.74, 6) is 1.28. The van der Waals surface area contributed by atoms with Crippen LogP contribution < -0.4 is 15.0 Å². The van der Waals surface area contributed by atoms with E-state index in [9.17, 15) is 4.79 Å². The number of carbonyl (C=O) groups is 1. The van der Waals surface area contributed by atoms with Crippen molar-refractivity contribution in [3.8, 4) is 28.7 Å². The molecule has 29 heavy (non-hydrogen) atoms. The van der Waals surface area contributed by atoms with Gasteiger partial charge in [-0.25, -0.2) is 0 Å². The molecule has 3 aromatic rings. The normalized spacial score (nSPS) is 18.7. The van der Waals surface area contributed by atoms with Crippen molar-refractivity contribution < 1.29 is 18.7 Å². The third-order valence-electron chi connectivity index (χ3n) is 5.07. The average Bonchev–Trinajstić information content (AvgIpc) is 3.25. The van der Waals surface area contributed by atoms with Crippen LogP contribution >= 0.6 is 0 Å². The van der Waals surface area contributed by atoms with Crippen LogP contribution in [-0.2, 0) is 9.53 Å². The van der Waals surface area contributed by atoms with E-state index in [0.29, 0.717) is 36.4 Å². The summed E-state index contributed by atoms with van der Waals surface area (Å²) in [6, 6.07) is 13.4. The maximum atomic E-state index is 11.7. The molecular weight excluding hydrogens is 372 g/mol. The van der Waals surface area contributed by atoms with E-state index in [1.165, 1.54) is 0 Å². The van der Waals surface area contributed by atoms with Crippen LogP contribution in [0.1, 0.15) is 6.92 Å². The van der Waals surface area contributed by atoms with Crippen LogP contribution in [0.2, 0.25) is 0 Å². The third kappa shape index (κ3) is 3.31. The minimum atomic E-state index is -0.545. The molecule has 1 N–H and O–H groups in total. The molecule has 0 aliphatic carbocycles. The highest BCUT2D eigenvalue weighted by atomic mass is 16.5. The van der Waals surface area contributed by atoms with Gasteiger partial charge in [0.15, 0.2) is 6.10 Å². The second-order valence-electron chi connectivity index (χ2n) is 6.99. The zero-order valence-corrected chi connectivity index (χ0v) is 15.9. The number of benzene rings is 2. The summed E-state index contributed by atoms with van der Waals surface area (Å²) in [5, 5.41) is 11.3. The Bertz CT molecular complexity index is 1060. The van der Waals surface area contributed by atoms with Gasteiger partial charge in [0.05, 0.1) is 24.5 Å². The highest BCUT2D eigenvalue weighted by Gasteiger charge is 2.25. The largest absolute Gasteiger partial charge is 0.479 e. The molecule has 8 nitrogen and oxygen atoms in total. The van der Waals surface area contributed by atoms with Gasteiger partial charge in [-0.2, -0.15) is 0 Å². The molecule has 8 heteroatoms. The number of nitrogens with zero attached hydrogens (tertiary/aromatic N) is 3. The molecule has 1 amide bonds. The molecule has 1 atom stereocenters. The van der Waals surface area contributed by atoms with Crippen molar-refractivity contribution in [2.75, 3.05) is 36.5 Å². The lowest BCUT2D eigenvalue weighted by molar-refractivity contribution is -0.122. The van der Waals surface area contributed by atoms with Crippen LogP contribution in [0, 0.1) is 0 Å². The van der Waals surface area contributed by atoms with E-state index in [0.717, 1.165) is 29.9 Å². The fourth-order valence-corrected chi connectivity index (χ4v) is 3.52. The lowest BCUT2D eigenvalue weighted by atomic mass is 10.1. The van der Waals surface area contributed by atoms with Crippen molar-refractivity contribution in [1.82, 2.24) is 10.2 Å². The maximum Gasteiger partial charge on any atom is 0.265 e. The van der Waals surface area contributed by atoms with Gasteiger partial charge < -0.3 is 24.1 Å². The van der Waals surface area contributed by atoms with E-state index in [1.807, 2.05) is 24.3 Å². The summed E-state index contributed by atoms with van der Waals surface area (Å²) in [4.78, 5) is 14.0. The first-order valence-electron chi connectivity index (χ1n) is 9.56. The van der Waals surface area contributed by atoms with Crippen LogP contribution in [-0.4, -0.2) is 48.5 Å². The van der Waals surface area contributed by atoms with Crippen molar-refractivity contribution in [3.63, 3.8) is 0 Å². The number of ether oxygens (including phenoxy) is 2. The van der Waals surface area contributed by atoms with Crippen LogP contribution in [0.3, 0.4) is 0 Å². The lowest BCUT2D eigenvalue weighted by Gasteiger charge is -2.29. The zero-order chi connectivity index (χ0) is 19.8. The smallest absolute Gasteiger partial charge is 0.265 e. The van der Waals surface area contributed by atoms with Crippen molar-refractivity contribution in [2.45, 2.75) is 13.0 Å². The van der Waals surface area contributed by atoms with Gasteiger partial charge in [0.25, 0.3) is 5.91 Å². The predicted molar refractivity (Wildman–Crippen MR) is 107 cm³/mol. The number of hydrogen-bond donors (Lipinski definition) is 1. The molecule has 5 rings (SSSR count). The molecule has 2 aromatic carbocycles. The van der Waals surface area contributed by atoms with E-state index in [-0.39, 0.29) is 5.91 Å². The maximum absolute atomic E-state index is 11.7. The molecule has 0 bridgehead atoms. The van der Waals surface area contributed by atoms with Crippen LogP contribution in [0.15, 0.2) is 46.9 Å². The summed E-state index contributed by atoms with van der Waals surface area (Å²) in [6.45, 7) is 4.76. The summed E-state index contributed by atoms with van der Waals surface area (Å²) in [7, 11) is 0. The average molecular weight is 392 g/mol. The van der Waals surface area contributed by atoms with Gasteiger partial charge in [0, 0.05) is 24.3 Å².